The Morgan fingerprint density at radius 2 is 1.83 bits per heavy atom. The van der Waals surface area contributed by atoms with E-state index in [0.717, 1.165) is 34.4 Å². The number of anilines is 1. The number of aryl methyl sites for hydroxylation is 1. The van der Waals surface area contributed by atoms with Crippen molar-refractivity contribution in [2.24, 2.45) is 0 Å². The monoisotopic (exact) mass is 324 g/mol. The molecule has 0 aliphatic rings. The minimum atomic E-state index is -0.166. The van der Waals surface area contributed by atoms with Gasteiger partial charge in [-0.15, -0.1) is 0 Å². The largest absolute Gasteiger partial charge is 0.464 e. The smallest absolute Gasteiger partial charge is 0.321 e. The van der Waals surface area contributed by atoms with E-state index >= 15 is 0 Å². The van der Waals surface area contributed by atoms with Gasteiger partial charge in [-0.3, -0.25) is 0 Å². The molecule has 124 valence electrons. The lowest BCUT2D eigenvalue weighted by atomic mass is 10.1. The van der Waals surface area contributed by atoms with Gasteiger partial charge in [-0.2, -0.15) is 0 Å². The highest BCUT2D eigenvalue weighted by atomic mass is 16.5. The molecular weight excluding hydrogens is 304 g/mol. The van der Waals surface area contributed by atoms with E-state index in [1.165, 1.54) is 4.90 Å². The van der Waals surface area contributed by atoms with E-state index < -0.39 is 0 Å². The normalized spacial score (nSPS) is 10.6. The van der Waals surface area contributed by atoms with Gasteiger partial charge in [0.15, 0.2) is 0 Å². The molecular formula is C19H20N2O3. The van der Waals surface area contributed by atoms with Gasteiger partial charge in [-0.25, -0.2) is 4.79 Å². The zero-order valence-electron chi connectivity index (χ0n) is 14.0. The first-order valence-electron chi connectivity index (χ1n) is 7.83. The number of nitrogens with zero attached hydrogens (tertiary/aromatic N) is 1. The van der Waals surface area contributed by atoms with Gasteiger partial charge in [-0.1, -0.05) is 6.92 Å². The predicted octanol–water partition coefficient (Wildman–Crippen LogP) is 4.88. The number of hydrogen-bond donors (Lipinski definition) is 1. The second-order valence-electron chi connectivity index (χ2n) is 5.72. The fourth-order valence-corrected chi connectivity index (χ4v) is 2.38. The number of carbonyl (C=O) groups excluding carboxylic acids is 1. The number of amides is 2. The van der Waals surface area contributed by atoms with Gasteiger partial charge < -0.3 is 19.4 Å². The first kappa shape index (κ1) is 15.9. The Morgan fingerprint density at radius 3 is 2.50 bits per heavy atom. The van der Waals surface area contributed by atoms with Crippen molar-refractivity contribution in [3.8, 4) is 11.5 Å². The molecule has 5 heteroatoms. The van der Waals surface area contributed by atoms with Gasteiger partial charge in [-0.05, 0) is 54.4 Å². The van der Waals surface area contributed by atoms with E-state index in [1.54, 1.807) is 20.4 Å². The topological polar surface area (TPSA) is 54.7 Å². The Morgan fingerprint density at radius 1 is 1.12 bits per heavy atom. The summed E-state index contributed by atoms with van der Waals surface area (Å²) in [4.78, 5) is 13.1. The molecule has 1 aromatic heterocycles. The van der Waals surface area contributed by atoms with E-state index in [0.29, 0.717) is 5.75 Å². The molecule has 0 fully saturated rings. The van der Waals surface area contributed by atoms with Crippen LogP contribution in [-0.2, 0) is 6.42 Å². The first-order valence-corrected chi connectivity index (χ1v) is 7.83. The summed E-state index contributed by atoms with van der Waals surface area (Å²) < 4.78 is 11.4. The fraction of sp³-hybridized carbons (Fsp3) is 0.211. The molecule has 1 N–H and O–H groups in total. The molecule has 0 unspecified atom stereocenters. The average molecular weight is 324 g/mol. The number of urea groups is 1. The van der Waals surface area contributed by atoms with Crippen LogP contribution in [0, 0.1) is 0 Å². The second-order valence-corrected chi connectivity index (χ2v) is 5.72. The standard InChI is InChI=1S/C19H20N2O3/c1-4-13-12-23-18-10-9-16(11-17(13)18)24-15-7-5-14(6-8-15)20-19(22)21(2)3/h5-12H,4H2,1-3H3,(H,20,22). The van der Waals surface area contributed by atoms with Gasteiger partial charge in [0.1, 0.15) is 17.1 Å². The van der Waals surface area contributed by atoms with Crippen LogP contribution in [-0.4, -0.2) is 25.0 Å². The number of ether oxygens (including phenoxy) is 1. The highest BCUT2D eigenvalue weighted by molar-refractivity contribution is 5.89. The first-order chi connectivity index (χ1) is 11.6. The van der Waals surface area contributed by atoms with Crippen LogP contribution in [0.15, 0.2) is 53.1 Å². The van der Waals surface area contributed by atoms with E-state index in [4.69, 9.17) is 9.15 Å². The highest BCUT2D eigenvalue weighted by Crippen LogP contribution is 2.29. The molecule has 2 amide bonds. The Kier molecular flexibility index (Phi) is 4.42. The van der Waals surface area contributed by atoms with Gasteiger partial charge in [0, 0.05) is 25.2 Å². The number of fused-ring (bicyclic) bond motifs is 1. The summed E-state index contributed by atoms with van der Waals surface area (Å²) in [6.07, 6.45) is 2.70. The third kappa shape index (κ3) is 3.35. The number of hydrogen-bond acceptors (Lipinski definition) is 3. The van der Waals surface area contributed by atoms with Gasteiger partial charge in [0.05, 0.1) is 6.26 Å². The van der Waals surface area contributed by atoms with Crippen molar-refractivity contribution in [2.45, 2.75) is 13.3 Å². The molecule has 0 saturated carbocycles. The van der Waals surface area contributed by atoms with E-state index in [-0.39, 0.29) is 6.03 Å². The highest BCUT2D eigenvalue weighted by Gasteiger charge is 2.07. The minimum absolute atomic E-state index is 0.166. The molecule has 24 heavy (non-hydrogen) atoms. The zero-order chi connectivity index (χ0) is 17.1. The zero-order valence-corrected chi connectivity index (χ0v) is 14.0. The Balaban J connectivity index is 1.75. The summed E-state index contributed by atoms with van der Waals surface area (Å²) >= 11 is 0. The Hall–Kier alpha value is -2.95. The van der Waals surface area contributed by atoms with Crippen LogP contribution in [0.25, 0.3) is 11.0 Å². The number of nitrogens with one attached hydrogen (secondary N) is 1. The van der Waals surface area contributed by atoms with Crippen molar-refractivity contribution >= 4 is 22.7 Å². The molecule has 0 aliphatic heterocycles. The molecule has 0 saturated heterocycles. The Labute approximate surface area is 140 Å². The maximum Gasteiger partial charge on any atom is 0.321 e. The van der Waals surface area contributed by atoms with Crippen LogP contribution in [0.4, 0.5) is 10.5 Å². The molecule has 0 atom stereocenters. The van der Waals surface area contributed by atoms with Crippen molar-refractivity contribution in [3.63, 3.8) is 0 Å². The molecule has 0 radical (unpaired) electrons. The summed E-state index contributed by atoms with van der Waals surface area (Å²) in [7, 11) is 3.40. The summed E-state index contributed by atoms with van der Waals surface area (Å²) in [6.45, 7) is 2.10. The van der Waals surface area contributed by atoms with Gasteiger partial charge in [0.25, 0.3) is 0 Å². The number of furan rings is 1. The van der Waals surface area contributed by atoms with Crippen molar-refractivity contribution in [3.05, 3.63) is 54.3 Å². The molecule has 0 aliphatic carbocycles. The van der Waals surface area contributed by atoms with Crippen LogP contribution in [0.5, 0.6) is 11.5 Å². The molecule has 3 rings (SSSR count). The third-order valence-corrected chi connectivity index (χ3v) is 3.75. The van der Waals surface area contributed by atoms with Gasteiger partial charge in [0.2, 0.25) is 0 Å². The predicted molar refractivity (Wildman–Crippen MR) is 94.8 cm³/mol. The van der Waals surface area contributed by atoms with Crippen molar-refractivity contribution in [1.82, 2.24) is 4.90 Å². The van der Waals surface area contributed by atoms with E-state index in [1.807, 2.05) is 42.5 Å². The Bertz CT molecular complexity index is 851. The van der Waals surface area contributed by atoms with Crippen molar-refractivity contribution < 1.29 is 13.9 Å². The molecule has 2 aromatic carbocycles. The molecule has 3 aromatic rings. The quantitative estimate of drug-likeness (QED) is 0.744. The molecule has 1 heterocycles. The maximum absolute atomic E-state index is 11.6. The van der Waals surface area contributed by atoms with Crippen LogP contribution in [0.3, 0.4) is 0 Å². The lowest BCUT2D eigenvalue weighted by Crippen LogP contribution is -2.27. The van der Waals surface area contributed by atoms with Crippen LogP contribution in [0.2, 0.25) is 0 Å². The number of rotatable bonds is 4. The SMILES string of the molecule is CCc1coc2ccc(Oc3ccc(NC(=O)N(C)C)cc3)cc12. The third-order valence-electron chi connectivity index (χ3n) is 3.75. The van der Waals surface area contributed by atoms with Crippen LogP contribution in [0.1, 0.15) is 12.5 Å². The number of benzene rings is 2. The van der Waals surface area contributed by atoms with E-state index in [9.17, 15) is 4.79 Å². The van der Waals surface area contributed by atoms with Crippen LogP contribution < -0.4 is 10.1 Å². The van der Waals surface area contributed by atoms with Crippen molar-refractivity contribution in [2.75, 3.05) is 19.4 Å². The summed E-state index contributed by atoms with van der Waals surface area (Å²) in [5.74, 6) is 1.46. The second kappa shape index (κ2) is 6.66. The lowest BCUT2D eigenvalue weighted by Gasteiger charge is -2.12. The van der Waals surface area contributed by atoms with Gasteiger partial charge >= 0.3 is 6.03 Å². The van der Waals surface area contributed by atoms with Crippen LogP contribution >= 0.6 is 0 Å². The van der Waals surface area contributed by atoms with E-state index in [2.05, 4.69) is 12.2 Å². The molecule has 0 spiro atoms. The molecule has 0 bridgehead atoms. The summed E-state index contributed by atoms with van der Waals surface area (Å²) in [5.41, 5.74) is 2.75. The molecule has 5 nitrogen and oxygen atoms in total. The fourth-order valence-electron chi connectivity index (χ4n) is 2.38. The maximum atomic E-state index is 11.6. The van der Waals surface area contributed by atoms with Crippen molar-refractivity contribution in [1.29, 1.82) is 0 Å². The number of carbonyl (C=O) groups is 1. The lowest BCUT2D eigenvalue weighted by molar-refractivity contribution is 0.230. The average Bonchev–Trinajstić information content (AvgIpc) is 2.99. The minimum Gasteiger partial charge on any atom is -0.464 e. The summed E-state index contributed by atoms with van der Waals surface area (Å²) in [6, 6.07) is 12.9. The summed E-state index contributed by atoms with van der Waals surface area (Å²) in [5, 5.41) is 3.86.